The van der Waals surface area contributed by atoms with Crippen LogP contribution in [0, 0.1) is 0 Å². The quantitative estimate of drug-likeness (QED) is 0.747. The Morgan fingerprint density at radius 1 is 1.11 bits per heavy atom. The SMILES string of the molecule is C/C=C/Nc1cc2cc(-c3cn[nH]c3)ccc2cn1. The summed E-state index contributed by atoms with van der Waals surface area (Å²) >= 11 is 0. The molecule has 3 rings (SSSR count). The maximum absolute atomic E-state index is 4.36. The van der Waals surface area contributed by atoms with Crippen LogP contribution >= 0.6 is 0 Å². The number of nitrogens with one attached hydrogen (secondary N) is 2. The highest BCUT2D eigenvalue weighted by Gasteiger charge is 2.02. The summed E-state index contributed by atoms with van der Waals surface area (Å²) in [6.07, 6.45) is 9.39. The summed E-state index contributed by atoms with van der Waals surface area (Å²) in [5.41, 5.74) is 2.23. The largest absolute Gasteiger partial charge is 0.347 e. The molecule has 4 heteroatoms. The second kappa shape index (κ2) is 4.94. The summed E-state index contributed by atoms with van der Waals surface area (Å²) in [4.78, 5) is 4.36. The fraction of sp³-hybridized carbons (Fsp3) is 0.0667. The number of anilines is 1. The van der Waals surface area contributed by atoms with Crippen molar-refractivity contribution < 1.29 is 0 Å². The Balaban J connectivity index is 2.05. The van der Waals surface area contributed by atoms with Crippen molar-refractivity contribution in [1.29, 1.82) is 0 Å². The minimum Gasteiger partial charge on any atom is -0.347 e. The van der Waals surface area contributed by atoms with Gasteiger partial charge in [-0.3, -0.25) is 5.10 Å². The number of rotatable bonds is 3. The maximum Gasteiger partial charge on any atom is 0.130 e. The van der Waals surface area contributed by atoms with Gasteiger partial charge in [-0.2, -0.15) is 5.10 Å². The number of benzene rings is 1. The molecule has 0 saturated heterocycles. The van der Waals surface area contributed by atoms with Gasteiger partial charge in [-0.25, -0.2) is 4.98 Å². The summed E-state index contributed by atoms with van der Waals surface area (Å²) in [5.74, 6) is 0.843. The molecule has 0 fully saturated rings. The van der Waals surface area contributed by atoms with Crippen LogP contribution in [0.15, 0.2) is 55.1 Å². The lowest BCUT2D eigenvalue weighted by Gasteiger charge is -2.04. The molecule has 0 spiro atoms. The molecule has 0 amide bonds. The van der Waals surface area contributed by atoms with E-state index < -0.39 is 0 Å². The topological polar surface area (TPSA) is 53.6 Å². The van der Waals surface area contributed by atoms with Crippen LogP contribution in [-0.4, -0.2) is 15.2 Å². The maximum atomic E-state index is 4.36. The molecule has 0 bridgehead atoms. The highest BCUT2D eigenvalue weighted by atomic mass is 15.1. The number of nitrogens with zero attached hydrogens (tertiary/aromatic N) is 2. The Kier molecular flexibility index (Phi) is 2.98. The first-order valence-electron chi connectivity index (χ1n) is 6.13. The highest BCUT2D eigenvalue weighted by Crippen LogP contribution is 2.24. The van der Waals surface area contributed by atoms with Gasteiger partial charge in [0.15, 0.2) is 0 Å². The summed E-state index contributed by atoms with van der Waals surface area (Å²) in [5, 5.41) is 12.2. The normalized spacial score (nSPS) is 11.2. The summed E-state index contributed by atoms with van der Waals surface area (Å²) in [6.45, 7) is 1.96. The van der Waals surface area contributed by atoms with E-state index in [1.54, 1.807) is 0 Å². The van der Waals surface area contributed by atoms with E-state index in [4.69, 9.17) is 0 Å². The number of aromatic nitrogens is 3. The second-order valence-corrected chi connectivity index (χ2v) is 4.26. The zero-order valence-corrected chi connectivity index (χ0v) is 10.6. The number of pyridine rings is 1. The molecule has 0 atom stereocenters. The summed E-state index contributed by atoms with van der Waals surface area (Å²) in [6, 6.07) is 8.33. The van der Waals surface area contributed by atoms with Crippen LogP contribution in [0.25, 0.3) is 21.9 Å². The van der Waals surface area contributed by atoms with Gasteiger partial charge < -0.3 is 5.32 Å². The standard InChI is InChI=1S/C15H14N4/c1-2-5-16-15-7-13-6-11(14-9-18-19-10-14)3-4-12(13)8-17-15/h2-10H,1H3,(H,16,17)(H,18,19)/b5-2+. The lowest BCUT2D eigenvalue weighted by atomic mass is 10.1. The molecule has 1 aromatic carbocycles. The van der Waals surface area contributed by atoms with Crippen LogP contribution in [0.3, 0.4) is 0 Å². The molecule has 3 aromatic rings. The molecule has 2 aromatic heterocycles. The third kappa shape index (κ3) is 2.33. The number of hydrogen-bond acceptors (Lipinski definition) is 3. The Bertz CT molecular complexity index is 714. The molecule has 0 aliphatic carbocycles. The molecule has 0 saturated carbocycles. The fourth-order valence-electron chi connectivity index (χ4n) is 1.98. The first-order chi connectivity index (χ1) is 9.36. The van der Waals surface area contributed by atoms with Crippen molar-refractivity contribution in [3.05, 3.63) is 55.1 Å². The van der Waals surface area contributed by atoms with E-state index in [1.165, 1.54) is 0 Å². The van der Waals surface area contributed by atoms with E-state index in [1.807, 2.05) is 43.9 Å². The zero-order chi connectivity index (χ0) is 13.1. The smallest absolute Gasteiger partial charge is 0.130 e. The Hall–Kier alpha value is -2.62. The molecule has 0 aliphatic rings. The molecule has 0 unspecified atom stereocenters. The fourth-order valence-corrected chi connectivity index (χ4v) is 1.98. The lowest BCUT2D eigenvalue weighted by Crippen LogP contribution is -1.90. The van der Waals surface area contributed by atoms with Gasteiger partial charge in [0.1, 0.15) is 5.82 Å². The Labute approximate surface area is 111 Å². The first-order valence-corrected chi connectivity index (χ1v) is 6.13. The van der Waals surface area contributed by atoms with E-state index in [0.29, 0.717) is 0 Å². The van der Waals surface area contributed by atoms with E-state index in [9.17, 15) is 0 Å². The first kappa shape index (κ1) is 11.5. The number of hydrogen-bond donors (Lipinski definition) is 2. The summed E-state index contributed by atoms with van der Waals surface area (Å²) in [7, 11) is 0. The Morgan fingerprint density at radius 3 is 2.84 bits per heavy atom. The van der Waals surface area contributed by atoms with Gasteiger partial charge in [0.25, 0.3) is 0 Å². The third-order valence-corrected chi connectivity index (χ3v) is 2.95. The van der Waals surface area contributed by atoms with Crippen molar-refractivity contribution in [2.45, 2.75) is 6.92 Å². The molecule has 94 valence electrons. The van der Waals surface area contributed by atoms with Crippen LogP contribution in [0.2, 0.25) is 0 Å². The second-order valence-electron chi connectivity index (χ2n) is 4.26. The van der Waals surface area contributed by atoms with Gasteiger partial charge >= 0.3 is 0 Å². The van der Waals surface area contributed by atoms with Crippen molar-refractivity contribution in [3.8, 4) is 11.1 Å². The average molecular weight is 250 g/mol. The molecule has 0 radical (unpaired) electrons. The van der Waals surface area contributed by atoms with Crippen LogP contribution < -0.4 is 5.32 Å². The van der Waals surface area contributed by atoms with Gasteiger partial charge in [0.2, 0.25) is 0 Å². The van der Waals surface area contributed by atoms with Crippen LogP contribution in [0.4, 0.5) is 5.82 Å². The van der Waals surface area contributed by atoms with E-state index in [0.717, 1.165) is 27.7 Å². The van der Waals surface area contributed by atoms with Gasteiger partial charge in [-0.15, -0.1) is 0 Å². The van der Waals surface area contributed by atoms with E-state index >= 15 is 0 Å². The van der Waals surface area contributed by atoms with Crippen LogP contribution in [0.5, 0.6) is 0 Å². The molecular formula is C15H14N4. The summed E-state index contributed by atoms with van der Waals surface area (Å²) < 4.78 is 0. The number of fused-ring (bicyclic) bond motifs is 1. The Morgan fingerprint density at radius 2 is 2.05 bits per heavy atom. The molecule has 2 heterocycles. The number of H-pyrrole nitrogens is 1. The predicted molar refractivity (Wildman–Crippen MR) is 77.8 cm³/mol. The highest BCUT2D eigenvalue weighted by molar-refractivity contribution is 5.88. The monoisotopic (exact) mass is 250 g/mol. The average Bonchev–Trinajstić information content (AvgIpc) is 2.98. The molecular weight excluding hydrogens is 236 g/mol. The molecule has 19 heavy (non-hydrogen) atoms. The molecule has 0 aliphatic heterocycles. The molecule has 4 nitrogen and oxygen atoms in total. The van der Waals surface area contributed by atoms with Crippen molar-refractivity contribution in [3.63, 3.8) is 0 Å². The van der Waals surface area contributed by atoms with Crippen molar-refractivity contribution >= 4 is 16.6 Å². The lowest BCUT2D eigenvalue weighted by molar-refractivity contribution is 1.09. The van der Waals surface area contributed by atoms with Crippen molar-refractivity contribution in [2.75, 3.05) is 5.32 Å². The zero-order valence-electron chi connectivity index (χ0n) is 10.6. The van der Waals surface area contributed by atoms with Crippen molar-refractivity contribution in [1.82, 2.24) is 15.2 Å². The predicted octanol–water partition coefficient (Wildman–Crippen LogP) is 3.57. The third-order valence-electron chi connectivity index (χ3n) is 2.95. The number of allylic oxidation sites excluding steroid dienone is 1. The van der Waals surface area contributed by atoms with Gasteiger partial charge in [0, 0.05) is 23.3 Å². The van der Waals surface area contributed by atoms with E-state index in [2.05, 4.69) is 38.7 Å². The van der Waals surface area contributed by atoms with Crippen LogP contribution in [-0.2, 0) is 0 Å². The minimum absolute atomic E-state index is 0.843. The van der Waals surface area contributed by atoms with Gasteiger partial charge in [-0.05, 0) is 36.2 Å². The minimum atomic E-state index is 0.843. The van der Waals surface area contributed by atoms with E-state index in [-0.39, 0.29) is 0 Å². The van der Waals surface area contributed by atoms with Crippen molar-refractivity contribution in [2.24, 2.45) is 0 Å². The number of aromatic amines is 1. The molecule has 2 N–H and O–H groups in total. The van der Waals surface area contributed by atoms with Crippen LogP contribution in [0.1, 0.15) is 6.92 Å². The van der Waals surface area contributed by atoms with Gasteiger partial charge in [0.05, 0.1) is 6.20 Å². The van der Waals surface area contributed by atoms with Gasteiger partial charge in [-0.1, -0.05) is 18.2 Å².